The summed E-state index contributed by atoms with van der Waals surface area (Å²) in [5.41, 5.74) is 8.10. The number of nitrogens with two attached hydrogens (primary N) is 1. The van der Waals surface area contributed by atoms with Crippen LogP contribution in [0.1, 0.15) is 31.9 Å². The number of nitrogen functional groups attached to an aromatic ring is 1. The molecule has 0 saturated carbocycles. The van der Waals surface area contributed by atoms with E-state index in [1.165, 1.54) is 7.11 Å². The van der Waals surface area contributed by atoms with Crippen molar-refractivity contribution >= 4 is 29.2 Å². The Kier molecular flexibility index (Phi) is 8.30. The number of carbonyl (C=O) groups is 2. The Balaban J connectivity index is 1.97. The molecule has 0 unspecified atom stereocenters. The van der Waals surface area contributed by atoms with E-state index < -0.39 is 18.2 Å². The lowest BCUT2D eigenvalue weighted by Gasteiger charge is -2.18. The summed E-state index contributed by atoms with van der Waals surface area (Å²) in [6.45, 7) is 3.38. The number of hydrogen-bond donors (Lipinski definition) is 5. The van der Waals surface area contributed by atoms with Gasteiger partial charge in [0.05, 0.1) is 25.4 Å². The summed E-state index contributed by atoms with van der Waals surface area (Å²) in [4.78, 5) is 24.3. The first-order valence-corrected chi connectivity index (χ1v) is 9.55. The lowest BCUT2D eigenvalue weighted by molar-refractivity contribution is 0.0539. The van der Waals surface area contributed by atoms with Gasteiger partial charge in [0.2, 0.25) is 0 Å². The number of anilines is 3. The Morgan fingerprint density at radius 3 is 2.47 bits per heavy atom. The molecule has 0 aliphatic carbocycles. The molecule has 6 N–H and O–H groups in total. The molecule has 30 heavy (non-hydrogen) atoms. The molecule has 0 aromatic heterocycles. The Labute approximate surface area is 175 Å². The van der Waals surface area contributed by atoms with Crippen LogP contribution in [0.4, 0.5) is 26.7 Å². The minimum atomic E-state index is -0.614. The maximum Gasteiger partial charge on any atom is 0.407 e. The van der Waals surface area contributed by atoms with Gasteiger partial charge in [-0.2, -0.15) is 0 Å². The minimum absolute atomic E-state index is 0.229. The molecule has 0 saturated heterocycles. The number of alkyl carbamates (subject to hydrolysis) is 1. The number of amides is 3. The van der Waals surface area contributed by atoms with Crippen LogP contribution >= 0.6 is 0 Å². The molecule has 0 bridgehead atoms. The highest BCUT2D eigenvalue weighted by Gasteiger charge is 2.15. The van der Waals surface area contributed by atoms with Crippen LogP contribution in [0.15, 0.2) is 42.5 Å². The predicted molar refractivity (Wildman–Crippen MR) is 116 cm³/mol. The van der Waals surface area contributed by atoms with E-state index in [4.69, 9.17) is 20.3 Å². The first-order chi connectivity index (χ1) is 14.4. The highest BCUT2D eigenvalue weighted by molar-refractivity contribution is 6.00. The van der Waals surface area contributed by atoms with Gasteiger partial charge in [-0.05, 0) is 43.2 Å². The fourth-order valence-electron chi connectivity index (χ4n) is 2.66. The molecule has 9 heteroatoms. The smallest absolute Gasteiger partial charge is 0.407 e. The second-order valence-electron chi connectivity index (χ2n) is 6.65. The van der Waals surface area contributed by atoms with E-state index in [-0.39, 0.29) is 12.6 Å². The number of methoxy groups -OCH3 is 1. The zero-order chi connectivity index (χ0) is 22.1. The Morgan fingerprint density at radius 1 is 1.13 bits per heavy atom. The van der Waals surface area contributed by atoms with Gasteiger partial charge in [-0.1, -0.05) is 19.1 Å². The number of nitrogens with one attached hydrogen (secondary N) is 3. The molecule has 0 spiro atoms. The second kappa shape index (κ2) is 10.9. The molecule has 3 amide bonds. The third-order valence-corrected chi connectivity index (χ3v) is 4.40. The molecule has 162 valence electrons. The quantitative estimate of drug-likeness (QED) is 0.418. The van der Waals surface area contributed by atoms with Crippen molar-refractivity contribution in [2.45, 2.75) is 32.4 Å². The van der Waals surface area contributed by atoms with Crippen LogP contribution < -0.4 is 26.4 Å². The first-order valence-electron chi connectivity index (χ1n) is 9.55. The largest absolute Gasteiger partial charge is 0.495 e. The summed E-state index contributed by atoms with van der Waals surface area (Å²) < 4.78 is 10.3. The Hall–Kier alpha value is -3.46. The second-order valence-corrected chi connectivity index (χ2v) is 6.65. The number of carbonyl (C=O) groups excluding carboxylic acids is 2. The highest BCUT2D eigenvalue weighted by Crippen LogP contribution is 2.25. The lowest BCUT2D eigenvalue weighted by Crippen LogP contribution is -2.32. The number of urea groups is 1. The van der Waals surface area contributed by atoms with E-state index in [0.717, 1.165) is 5.56 Å². The number of rotatable bonds is 8. The number of hydrogen-bond acceptors (Lipinski definition) is 6. The van der Waals surface area contributed by atoms with Gasteiger partial charge >= 0.3 is 12.1 Å². The van der Waals surface area contributed by atoms with E-state index in [2.05, 4.69) is 16.0 Å². The van der Waals surface area contributed by atoms with Gasteiger partial charge in [0, 0.05) is 17.4 Å². The summed E-state index contributed by atoms with van der Waals surface area (Å²) in [6, 6.07) is 11.2. The van der Waals surface area contributed by atoms with Crippen molar-refractivity contribution < 1.29 is 24.2 Å². The highest BCUT2D eigenvalue weighted by atomic mass is 16.6. The Bertz CT molecular complexity index is 870. The van der Waals surface area contributed by atoms with Gasteiger partial charge < -0.3 is 36.3 Å². The van der Waals surface area contributed by atoms with Crippen molar-refractivity contribution in [3.63, 3.8) is 0 Å². The van der Waals surface area contributed by atoms with Gasteiger partial charge in [0.15, 0.2) is 0 Å². The third-order valence-electron chi connectivity index (χ3n) is 4.40. The van der Waals surface area contributed by atoms with E-state index in [1.807, 2.05) is 13.0 Å². The Morgan fingerprint density at radius 2 is 1.83 bits per heavy atom. The van der Waals surface area contributed by atoms with Crippen LogP contribution in [-0.4, -0.2) is 37.1 Å². The summed E-state index contributed by atoms with van der Waals surface area (Å²) in [5, 5.41) is 17.3. The topological polar surface area (TPSA) is 135 Å². The summed E-state index contributed by atoms with van der Waals surface area (Å²) in [7, 11) is 1.50. The number of benzene rings is 2. The maximum absolute atomic E-state index is 12.3. The molecule has 2 rings (SSSR count). The normalized spacial score (nSPS) is 12.4. The first kappa shape index (κ1) is 22.8. The average Bonchev–Trinajstić information content (AvgIpc) is 2.73. The molecule has 0 radical (unpaired) electrons. The lowest BCUT2D eigenvalue weighted by atomic mass is 10.1. The van der Waals surface area contributed by atoms with Crippen LogP contribution in [0, 0.1) is 0 Å². The van der Waals surface area contributed by atoms with Gasteiger partial charge in [-0.15, -0.1) is 0 Å². The zero-order valence-corrected chi connectivity index (χ0v) is 17.3. The summed E-state index contributed by atoms with van der Waals surface area (Å²) in [6.07, 6.45) is -0.634. The van der Waals surface area contributed by atoms with Crippen molar-refractivity contribution in [1.29, 1.82) is 0 Å². The maximum atomic E-state index is 12.3. The van der Waals surface area contributed by atoms with Gasteiger partial charge in [0.25, 0.3) is 0 Å². The van der Waals surface area contributed by atoms with Crippen LogP contribution in [0.3, 0.4) is 0 Å². The molecule has 2 aromatic carbocycles. The number of aliphatic hydroxyl groups is 1. The standard InChI is InChI=1S/C21H28N4O5/c1-4-17(12-26)30-21(28)23-13(2)14-6-5-7-15(10-14)24-20(27)25-16-8-9-18(22)19(11-16)29-3/h5-11,13,17,26H,4,12,22H2,1-3H3,(H,23,28)(H2,24,25,27)/t13-,17+/m0/s1. The van der Waals surface area contributed by atoms with E-state index in [9.17, 15) is 9.59 Å². The molecular formula is C21H28N4O5. The van der Waals surface area contributed by atoms with Crippen LogP contribution in [0.2, 0.25) is 0 Å². The van der Waals surface area contributed by atoms with Crippen LogP contribution in [0.25, 0.3) is 0 Å². The fourth-order valence-corrected chi connectivity index (χ4v) is 2.66. The number of ether oxygens (including phenoxy) is 2. The molecular weight excluding hydrogens is 388 g/mol. The summed E-state index contributed by atoms with van der Waals surface area (Å²) in [5.74, 6) is 0.466. The SMILES string of the molecule is CC[C@H](CO)OC(=O)N[C@@H](C)c1cccc(NC(=O)Nc2ccc(N)c(OC)c2)c1. The molecule has 2 aromatic rings. The molecule has 0 fully saturated rings. The third kappa shape index (κ3) is 6.56. The van der Waals surface area contributed by atoms with Crippen LogP contribution in [0.5, 0.6) is 5.75 Å². The van der Waals surface area contributed by atoms with Crippen molar-refractivity contribution in [2.75, 3.05) is 30.1 Å². The zero-order valence-electron chi connectivity index (χ0n) is 17.3. The van der Waals surface area contributed by atoms with Crippen molar-refractivity contribution in [3.05, 3.63) is 48.0 Å². The molecule has 0 heterocycles. The fraction of sp³-hybridized carbons (Fsp3) is 0.333. The predicted octanol–water partition coefficient (Wildman–Crippen LogP) is 3.48. The minimum Gasteiger partial charge on any atom is -0.495 e. The van der Waals surface area contributed by atoms with E-state index in [0.29, 0.717) is 29.2 Å². The molecule has 9 nitrogen and oxygen atoms in total. The van der Waals surface area contributed by atoms with Gasteiger partial charge in [-0.3, -0.25) is 0 Å². The van der Waals surface area contributed by atoms with E-state index in [1.54, 1.807) is 43.3 Å². The van der Waals surface area contributed by atoms with Crippen molar-refractivity contribution in [1.82, 2.24) is 5.32 Å². The molecule has 2 atom stereocenters. The molecule has 0 aliphatic rings. The van der Waals surface area contributed by atoms with Crippen molar-refractivity contribution in [3.8, 4) is 5.75 Å². The van der Waals surface area contributed by atoms with Gasteiger partial charge in [0.1, 0.15) is 11.9 Å². The average molecular weight is 416 g/mol. The summed E-state index contributed by atoms with van der Waals surface area (Å²) >= 11 is 0. The molecule has 0 aliphatic heterocycles. The van der Waals surface area contributed by atoms with Crippen molar-refractivity contribution in [2.24, 2.45) is 0 Å². The van der Waals surface area contributed by atoms with E-state index >= 15 is 0 Å². The number of aliphatic hydroxyl groups excluding tert-OH is 1. The van der Waals surface area contributed by atoms with Gasteiger partial charge in [-0.25, -0.2) is 9.59 Å². The monoisotopic (exact) mass is 416 g/mol. The van der Waals surface area contributed by atoms with Crippen LogP contribution in [-0.2, 0) is 4.74 Å².